The summed E-state index contributed by atoms with van der Waals surface area (Å²) in [7, 11) is 0. The lowest BCUT2D eigenvalue weighted by molar-refractivity contribution is 0.112. The van der Waals surface area contributed by atoms with Gasteiger partial charge in [0.05, 0.1) is 11.2 Å². The van der Waals surface area contributed by atoms with E-state index >= 15 is 0 Å². The Morgan fingerprint density at radius 3 is 2.78 bits per heavy atom. The van der Waals surface area contributed by atoms with Crippen molar-refractivity contribution < 1.29 is 4.79 Å². The molecule has 18 heavy (non-hydrogen) atoms. The first kappa shape index (κ1) is 11.0. The largest absolute Gasteiger partial charge is 0.298 e. The Morgan fingerprint density at radius 1 is 1.22 bits per heavy atom. The Morgan fingerprint density at radius 2 is 2.06 bits per heavy atom. The van der Waals surface area contributed by atoms with Crippen LogP contribution in [0.3, 0.4) is 0 Å². The molecule has 4 heteroatoms. The summed E-state index contributed by atoms with van der Waals surface area (Å²) in [6.45, 7) is 1.85. The molecule has 0 bridgehead atoms. The zero-order valence-electron chi connectivity index (χ0n) is 9.75. The van der Waals surface area contributed by atoms with Gasteiger partial charge < -0.3 is 0 Å². The molecule has 3 nitrogen and oxygen atoms in total. The molecule has 2 heterocycles. The molecular weight excluding hydrogens is 244 g/mol. The van der Waals surface area contributed by atoms with Crippen LogP contribution in [-0.2, 0) is 0 Å². The van der Waals surface area contributed by atoms with Crippen molar-refractivity contribution in [3.8, 4) is 11.3 Å². The number of fused-ring (bicyclic) bond motifs is 1. The molecule has 88 valence electrons. The van der Waals surface area contributed by atoms with Gasteiger partial charge in [0.2, 0.25) is 0 Å². The fraction of sp³-hybridized carbons (Fsp3) is 0.0714. The molecule has 0 atom stereocenters. The van der Waals surface area contributed by atoms with E-state index in [2.05, 4.69) is 9.36 Å². The third-order valence-electron chi connectivity index (χ3n) is 2.93. The van der Waals surface area contributed by atoms with E-state index in [4.69, 9.17) is 0 Å². The molecule has 1 aromatic carbocycles. The van der Waals surface area contributed by atoms with E-state index in [0.29, 0.717) is 5.56 Å². The second kappa shape index (κ2) is 4.31. The fourth-order valence-electron chi connectivity index (χ4n) is 2.11. The van der Waals surface area contributed by atoms with Gasteiger partial charge in [-0.1, -0.05) is 18.2 Å². The molecule has 0 amide bonds. The van der Waals surface area contributed by atoms with Crippen molar-refractivity contribution in [2.45, 2.75) is 6.92 Å². The number of hydrogen-bond donors (Lipinski definition) is 0. The van der Waals surface area contributed by atoms with E-state index in [1.807, 2.05) is 42.6 Å². The molecule has 3 rings (SSSR count). The van der Waals surface area contributed by atoms with Crippen LogP contribution in [0.1, 0.15) is 16.1 Å². The molecule has 0 radical (unpaired) electrons. The number of carbonyl (C=O) groups excluding carboxylic acids is 1. The zero-order chi connectivity index (χ0) is 12.5. The number of benzene rings is 1. The number of aldehydes is 1. The molecule has 0 unspecified atom stereocenters. The predicted octanol–water partition coefficient (Wildman–Crippen LogP) is 3.48. The predicted molar refractivity (Wildman–Crippen MR) is 73.0 cm³/mol. The monoisotopic (exact) mass is 254 g/mol. The van der Waals surface area contributed by atoms with Crippen LogP contribution in [0.25, 0.3) is 22.2 Å². The van der Waals surface area contributed by atoms with Crippen molar-refractivity contribution in [1.82, 2.24) is 9.36 Å². The number of aryl methyl sites for hydroxylation is 1. The second-order valence-electron chi connectivity index (χ2n) is 4.01. The van der Waals surface area contributed by atoms with Crippen LogP contribution in [0, 0.1) is 6.92 Å². The van der Waals surface area contributed by atoms with Crippen molar-refractivity contribution in [2.24, 2.45) is 0 Å². The number of para-hydroxylation sites is 1. The molecule has 0 spiro atoms. The fourth-order valence-corrected chi connectivity index (χ4v) is 2.63. The first-order chi connectivity index (χ1) is 8.81. The Balaban J connectivity index is 2.49. The van der Waals surface area contributed by atoms with Crippen LogP contribution in [0.2, 0.25) is 0 Å². The number of nitrogens with zero attached hydrogens (tertiary/aromatic N) is 2. The van der Waals surface area contributed by atoms with E-state index < -0.39 is 0 Å². The normalized spacial score (nSPS) is 10.7. The number of hydrogen-bond acceptors (Lipinski definition) is 4. The minimum Gasteiger partial charge on any atom is -0.298 e. The van der Waals surface area contributed by atoms with Crippen molar-refractivity contribution in [3.63, 3.8) is 0 Å². The highest BCUT2D eigenvalue weighted by Crippen LogP contribution is 2.31. The van der Waals surface area contributed by atoms with Crippen LogP contribution in [0.5, 0.6) is 0 Å². The summed E-state index contributed by atoms with van der Waals surface area (Å²) in [6.07, 6.45) is 0.865. The second-order valence-corrected chi connectivity index (χ2v) is 4.67. The zero-order valence-corrected chi connectivity index (χ0v) is 10.6. The average Bonchev–Trinajstić information content (AvgIpc) is 2.90. The maximum Gasteiger partial charge on any atom is 0.152 e. The first-order valence-corrected chi connectivity index (χ1v) is 6.40. The van der Waals surface area contributed by atoms with E-state index in [9.17, 15) is 4.79 Å². The van der Waals surface area contributed by atoms with Crippen LogP contribution in [0.4, 0.5) is 0 Å². The SMILES string of the molecule is Cc1nc2ccccc2c(-c2ccsn2)c1C=O. The van der Waals surface area contributed by atoms with Crippen molar-refractivity contribution in [3.05, 3.63) is 47.0 Å². The van der Waals surface area contributed by atoms with Crippen LogP contribution in [0.15, 0.2) is 35.7 Å². The van der Waals surface area contributed by atoms with Gasteiger partial charge in [0.15, 0.2) is 6.29 Å². The molecule has 0 aliphatic carbocycles. The topological polar surface area (TPSA) is 42.9 Å². The van der Waals surface area contributed by atoms with Gasteiger partial charge in [-0.15, -0.1) is 0 Å². The molecule has 0 N–H and O–H groups in total. The summed E-state index contributed by atoms with van der Waals surface area (Å²) in [6, 6.07) is 9.75. The Kier molecular flexibility index (Phi) is 2.64. The number of carbonyl (C=O) groups is 1. The van der Waals surface area contributed by atoms with Gasteiger partial charge in [-0.05, 0) is 30.6 Å². The highest BCUT2D eigenvalue weighted by Gasteiger charge is 2.14. The lowest BCUT2D eigenvalue weighted by Crippen LogP contribution is -1.97. The average molecular weight is 254 g/mol. The third-order valence-corrected chi connectivity index (χ3v) is 3.49. The van der Waals surface area contributed by atoms with Gasteiger partial charge in [-0.25, -0.2) is 0 Å². The molecule has 0 saturated heterocycles. The molecule has 0 fully saturated rings. The van der Waals surface area contributed by atoms with Crippen LogP contribution in [-0.4, -0.2) is 15.6 Å². The van der Waals surface area contributed by atoms with Crippen molar-refractivity contribution >= 4 is 28.7 Å². The number of pyridine rings is 1. The molecule has 0 saturated carbocycles. The summed E-state index contributed by atoms with van der Waals surface area (Å²) >= 11 is 1.38. The summed E-state index contributed by atoms with van der Waals surface area (Å²) in [5.41, 5.74) is 3.98. The highest BCUT2D eigenvalue weighted by molar-refractivity contribution is 7.03. The van der Waals surface area contributed by atoms with Crippen LogP contribution < -0.4 is 0 Å². The minimum absolute atomic E-state index is 0.625. The van der Waals surface area contributed by atoms with E-state index in [1.54, 1.807) is 0 Å². The lowest BCUT2D eigenvalue weighted by Gasteiger charge is -2.09. The maximum atomic E-state index is 11.3. The number of rotatable bonds is 2. The Bertz CT molecular complexity index is 720. The highest BCUT2D eigenvalue weighted by atomic mass is 32.1. The molecule has 2 aromatic heterocycles. The summed E-state index contributed by atoms with van der Waals surface area (Å²) in [4.78, 5) is 15.8. The number of aromatic nitrogens is 2. The van der Waals surface area contributed by atoms with Gasteiger partial charge in [0.1, 0.15) is 0 Å². The van der Waals surface area contributed by atoms with Gasteiger partial charge in [-0.2, -0.15) is 4.37 Å². The molecule has 0 aliphatic heterocycles. The van der Waals surface area contributed by atoms with Gasteiger partial charge in [-0.3, -0.25) is 9.78 Å². The minimum atomic E-state index is 0.625. The Labute approximate surface area is 108 Å². The van der Waals surface area contributed by atoms with Crippen LogP contribution >= 0.6 is 11.5 Å². The van der Waals surface area contributed by atoms with Gasteiger partial charge in [0.25, 0.3) is 0 Å². The molecule has 3 aromatic rings. The summed E-state index contributed by atoms with van der Waals surface area (Å²) in [5.74, 6) is 0. The van der Waals surface area contributed by atoms with E-state index in [1.165, 1.54) is 11.5 Å². The molecule has 0 aliphatic rings. The maximum absolute atomic E-state index is 11.3. The smallest absolute Gasteiger partial charge is 0.152 e. The standard InChI is InChI=1S/C14H10N2OS/c1-9-11(8-17)14(13-6-7-18-16-13)10-4-2-3-5-12(10)15-9/h2-8H,1H3. The van der Waals surface area contributed by atoms with Gasteiger partial charge in [0, 0.05) is 27.6 Å². The summed E-state index contributed by atoms with van der Waals surface area (Å²) in [5, 5.41) is 2.88. The van der Waals surface area contributed by atoms with E-state index in [0.717, 1.165) is 34.1 Å². The van der Waals surface area contributed by atoms with E-state index in [-0.39, 0.29) is 0 Å². The molecular formula is C14H10N2OS. The van der Waals surface area contributed by atoms with Crippen molar-refractivity contribution in [2.75, 3.05) is 0 Å². The third kappa shape index (κ3) is 1.62. The summed E-state index contributed by atoms with van der Waals surface area (Å²) < 4.78 is 4.34. The quantitative estimate of drug-likeness (QED) is 0.657. The van der Waals surface area contributed by atoms with Gasteiger partial charge >= 0.3 is 0 Å². The lowest BCUT2D eigenvalue weighted by atomic mass is 9.99. The van der Waals surface area contributed by atoms with Crippen molar-refractivity contribution in [1.29, 1.82) is 0 Å². The Hall–Kier alpha value is -2.07. The first-order valence-electron chi connectivity index (χ1n) is 5.56.